The topological polar surface area (TPSA) is 108 Å². The average molecular weight is 542 g/mol. The van der Waals surface area contributed by atoms with E-state index in [0.29, 0.717) is 12.1 Å². The van der Waals surface area contributed by atoms with Crippen LogP contribution in [0.4, 0.5) is 37.7 Å². The fourth-order valence-corrected chi connectivity index (χ4v) is 3.29. The number of alkyl halides is 6. The number of benzene rings is 3. The maximum Gasteiger partial charge on any atom is 0.442 e. The van der Waals surface area contributed by atoms with Gasteiger partial charge in [-0.25, -0.2) is 4.79 Å². The first kappa shape index (κ1) is 28.0. The lowest BCUT2D eigenvalue weighted by molar-refractivity contribution is -0.385. The molecule has 1 N–H and O–H groups in total. The van der Waals surface area contributed by atoms with Gasteiger partial charge >= 0.3 is 29.6 Å². The molecule has 0 fully saturated rings. The molecule has 0 bridgehead atoms. The highest BCUT2D eigenvalue weighted by Gasteiger charge is 2.75. The smallest absolute Gasteiger partial charge is 0.442 e. The van der Waals surface area contributed by atoms with Crippen molar-refractivity contribution < 1.29 is 50.3 Å². The van der Waals surface area contributed by atoms with E-state index in [-0.39, 0.29) is 11.4 Å². The first-order valence-corrected chi connectivity index (χ1v) is 10.4. The van der Waals surface area contributed by atoms with E-state index in [1.165, 1.54) is 36.4 Å². The summed E-state index contributed by atoms with van der Waals surface area (Å²) in [5, 5.41) is 13.2. The summed E-state index contributed by atoms with van der Waals surface area (Å²) >= 11 is 0. The number of carbonyl (C=O) groups excluding carboxylic acids is 2. The molecule has 0 spiro atoms. The molecule has 1 amide bonds. The normalized spacial score (nSPS) is 11.9. The number of nitro benzene ring substituents is 1. The summed E-state index contributed by atoms with van der Waals surface area (Å²) in [5.41, 5.74) is -7.66. The van der Waals surface area contributed by atoms with Gasteiger partial charge in [-0.2, -0.15) is 26.3 Å². The molecular formula is C24H16F6N2O6. The summed E-state index contributed by atoms with van der Waals surface area (Å²) in [4.78, 5) is 34.6. The Morgan fingerprint density at radius 2 is 1.37 bits per heavy atom. The molecule has 3 aromatic carbocycles. The zero-order chi connectivity index (χ0) is 28.1. The predicted molar refractivity (Wildman–Crippen MR) is 119 cm³/mol. The molecule has 0 aromatic heterocycles. The Kier molecular flexibility index (Phi) is 7.93. The van der Waals surface area contributed by atoms with Crippen LogP contribution in [0.25, 0.3) is 0 Å². The number of halogens is 6. The van der Waals surface area contributed by atoms with Crippen molar-refractivity contribution in [2.24, 2.45) is 0 Å². The molecule has 0 aliphatic carbocycles. The van der Waals surface area contributed by atoms with Gasteiger partial charge in [-0.3, -0.25) is 14.9 Å². The van der Waals surface area contributed by atoms with Crippen LogP contribution in [0, 0.1) is 10.1 Å². The third kappa shape index (κ3) is 5.85. The van der Waals surface area contributed by atoms with Crippen LogP contribution in [0.2, 0.25) is 0 Å². The SMILES string of the molecule is O=C(COc1ccccc1[N+](=O)[O-])Nc1ccc(C(OC(=O)c2ccccc2)(C(F)(F)F)C(F)(F)F)cc1. The van der Waals surface area contributed by atoms with Crippen LogP contribution in [0.5, 0.6) is 5.75 Å². The molecule has 0 aliphatic rings. The van der Waals surface area contributed by atoms with Crippen molar-refractivity contribution in [2.75, 3.05) is 11.9 Å². The van der Waals surface area contributed by atoms with Crippen LogP contribution in [0.3, 0.4) is 0 Å². The average Bonchev–Trinajstić information content (AvgIpc) is 2.85. The predicted octanol–water partition coefficient (Wildman–Crippen LogP) is 5.79. The molecule has 0 saturated carbocycles. The summed E-state index contributed by atoms with van der Waals surface area (Å²) in [5.74, 6) is -3.00. The Labute approximate surface area is 209 Å². The summed E-state index contributed by atoms with van der Waals surface area (Å²) in [6, 6.07) is 13.3. The lowest BCUT2D eigenvalue weighted by atomic mass is 9.91. The second kappa shape index (κ2) is 10.8. The van der Waals surface area contributed by atoms with Gasteiger partial charge in [0.05, 0.1) is 10.5 Å². The van der Waals surface area contributed by atoms with Crippen molar-refractivity contribution in [1.29, 1.82) is 0 Å². The first-order valence-electron chi connectivity index (χ1n) is 10.4. The summed E-state index contributed by atoms with van der Waals surface area (Å²) < 4.78 is 93.0. The van der Waals surface area contributed by atoms with Crippen LogP contribution >= 0.6 is 0 Å². The molecule has 200 valence electrons. The van der Waals surface area contributed by atoms with Gasteiger partial charge in [0.25, 0.3) is 5.91 Å². The van der Waals surface area contributed by atoms with Gasteiger partial charge in [-0.15, -0.1) is 0 Å². The maximum atomic E-state index is 14.0. The molecule has 14 heteroatoms. The number of hydrogen-bond acceptors (Lipinski definition) is 6. The van der Waals surface area contributed by atoms with E-state index in [1.54, 1.807) is 0 Å². The number of para-hydroxylation sites is 2. The van der Waals surface area contributed by atoms with E-state index in [4.69, 9.17) is 4.74 Å². The molecule has 0 atom stereocenters. The zero-order valence-electron chi connectivity index (χ0n) is 18.9. The number of anilines is 1. The Balaban J connectivity index is 1.84. The molecular weight excluding hydrogens is 526 g/mol. The second-order valence-corrected chi connectivity index (χ2v) is 7.57. The minimum Gasteiger partial charge on any atom is -0.477 e. The number of esters is 1. The highest BCUT2D eigenvalue weighted by molar-refractivity contribution is 5.92. The molecule has 0 saturated heterocycles. The minimum absolute atomic E-state index is 0.224. The van der Waals surface area contributed by atoms with Crippen LogP contribution in [-0.2, 0) is 15.1 Å². The van der Waals surface area contributed by atoms with Gasteiger partial charge in [-0.1, -0.05) is 42.5 Å². The summed E-state index contributed by atoms with van der Waals surface area (Å²) in [6.45, 7) is -0.754. The van der Waals surface area contributed by atoms with Gasteiger partial charge < -0.3 is 14.8 Å². The van der Waals surface area contributed by atoms with Crippen molar-refractivity contribution in [3.63, 3.8) is 0 Å². The molecule has 0 heterocycles. The monoisotopic (exact) mass is 542 g/mol. The van der Waals surface area contributed by atoms with Crippen molar-refractivity contribution in [2.45, 2.75) is 18.0 Å². The fraction of sp³-hybridized carbons (Fsp3) is 0.167. The first-order chi connectivity index (χ1) is 17.8. The Morgan fingerprint density at radius 3 is 1.92 bits per heavy atom. The molecule has 0 radical (unpaired) electrons. The number of rotatable bonds is 8. The van der Waals surface area contributed by atoms with Crippen molar-refractivity contribution in [1.82, 2.24) is 0 Å². The molecule has 3 aromatic rings. The Hall–Kier alpha value is -4.62. The number of nitro groups is 1. The van der Waals surface area contributed by atoms with Crippen molar-refractivity contribution in [3.8, 4) is 5.75 Å². The van der Waals surface area contributed by atoms with Crippen LogP contribution < -0.4 is 10.1 Å². The molecule has 0 unspecified atom stereocenters. The zero-order valence-corrected chi connectivity index (χ0v) is 18.9. The maximum absolute atomic E-state index is 14.0. The van der Waals surface area contributed by atoms with E-state index in [0.717, 1.165) is 30.3 Å². The van der Waals surface area contributed by atoms with Crippen molar-refractivity contribution in [3.05, 3.63) is 100 Å². The van der Waals surface area contributed by atoms with Gasteiger partial charge in [-0.05, 0) is 30.3 Å². The van der Waals surface area contributed by atoms with Crippen LogP contribution in [0.15, 0.2) is 78.9 Å². The van der Waals surface area contributed by atoms with E-state index in [2.05, 4.69) is 10.1 Å². The third-order valence-electron chi connectivity index (χ3n) is 5.05. The Morgan fingerprint density at radius 1 is 0.816 bits per heavy atom. The van der Waals surface area contributed by atoms with E-state index in [9.17, 15) is 46.0 Å². The lowest BCUT2D eigenvalue weighted by Gasteiger charge is -2.36. The number of carbonyl (C=O) groups is 2. The summed E-state index contributed by atoms with van der Waals surface area (Å²) in [7, 11) is 0. The van der Waals surface area contributed by atoms with E-state index in [1.807, 2.05) is 0 Å². The number of hydrogen-bond donors (Lipinski definition) is 1. The largest absolute Gasteiger partial charge is 0.477 e. The molecule has 8 nitrogen and oxygen atoms in total. The van der Waals surface area contributed by atoms with E-state index < -0.39 is 58.2 Å². The van der Waals surface area contributed by atoms with Crippen LogP contribution in [-0.4, -0.2) is 35.8 Å². The quantitative estimate of drug-likeness (QED) is 0.167. The molecule has 38 heavy (non-hydrogen) atoms. The Bertz CT molecular complexity index is 1300. The number of amides is 1. The van der Waals surface area contributed by atoms with Crippen LogP contribution in [0.1, 0.15) is 15.9 Å². The number of nitrogens with one attached hydrogen (secondary N) is 1. The number of ether oxygens (including phenoxy) is 2. The fourth-order valence-electron chi connectivity index (χ4n) is 3.29. The van der Waals surface area contributed by atoms with Gasteiger partial charge in [0, 0.05) is 17.3 Å². The lowest BCUT2D eigenvalue weighted by Crippen LogP contribution is -2.56. The second-order valence-electron chi connectivity index (χ2n) is 7.57. The van der Waals surface area contributed by atoms with Gasteiger partial charge in [0.15, 0.2) is 12.4 Å². The van der Waals surface area contributed by atoms with Gasteiger partial charge in [0.1, 0.15) is 0 Å². The molecule has 3 rings (SSSR count). The summed E-state index contributed by atoms with van der Waals surface area (Å²) in [6.07, 6.45) is -12.2. The number of nitrogens with zero attached hydrogens (tertiary/aromatic N) is 1. The third-order valence-corrected chi connectivity index (χ3v) is 5.05. The van der Waals surface area contributed by atoms with Crippen molar-refractivity contribution >= 4 is 23.3 Å². The minimum atomic E-state index is -6.11. The highest BCUT2D eigenvalue weighted by Crippen LogP contribution is 2.53. The standard InChI is InChI=1S/C24H16F6N2O6/c25-23(26,27)22(24(28,29)30,38-21(34)15-6-2-1-3-7-15)16-10-12-17(13-11-16)31-20(33)14-37-19-9-5-4-8-18(19)32(35)36/h1-13H,14H2,(H,31,33). The van der Waals surface area contributed by atoms with Gasteiger partial charge in [0.2, 0.25) is 0 Å². The molecule has 0 aliphatic heterocycles. The van der Waals surface area contributed by atoms with E-state index >= 15 is 0 Å². The highest BCUT2D eigenvalue weighted by atomic mass is 19.4.